The van der Waals surface area contributed by atoms with Crippen molar-refractivity contribution in [3.05, 3.63) is 29.1 Å². The summed E-state index contributed by atoms with van der Waals surface area (Å²) in [6.07, 6.45) is 1.92. The van der Waals surface area contributed by atoms with E-state index in [-0.39, 0.29) is 11.1 Å². The summed E-state index contributed by atoms with van der Waals surface area (Å²) in [4.78, 5) is 11.5. The van der Waals surface area contributed by atoms with Crippen LogP contribution in [0, 0.1) is 12.7 Å². The summed E-state index contributed by atoms with van der Waals surface area (Å²) in [5.74, 6) is -1.54. The van der Waals surface area contributed by atoms with Gasteiger partial charge in [0, 0.05) is 5.54 Å². The fraction of sp³-hybridized carbons (Fsp3) is 0.417. The zero-order chi connectivity index (χ0) is 13.5. The van der Waals surface area contributed by atoms with Gasteiger partial charge in [0.15, 0.2) is 0 Å². The normalized spacial score (nSPS) is 18.4. The van der Waals surface area contributed by atoms with Crippen molar-refractivity contribution in [2.75, 3.05) is 0 Å². The maximum atomic E-state index is 13.5. The predicted octanol–water partition coefficient (Wildman–Crippen LogP) is 1.40. The van der Waals surface area contributed by atoms with Crippen molar-refractivity contribution >= 4 is 16.9 Å². The molecule has 0 heterocycles. The Balaban J connectivity index is 2.34. The number of aryl methyl sites for hydroxylation is 1. The summed E-state index contributed by atoms with van der Waals surface area (Å²) >= 11 is 0. The van der Waals surface area contributed by atoms with E-state index < -0.39 is 22.7 Å². The summed E-state index contributed by atoms with van der Waals surface area (Å²) in [6, 6.07) is 2.45. The molecule has 1 aliphatic carbocycles. The molecule has 0 saturated heterocycles. The Morgan fingerprint density at radius 1 is 1.50 bits per heavy atom. The first kappa shape index (κ1) is 13.2. The largest absolute Gasteiger partial charge is 0.366 e. The molecule has 0 aromatic heterocycles. The molecule has 0 bridgehead atoms. The van der Waals surface area contributed by atoms with E-state index in [0.717, 1.165) is 12.8 Å². The Morgan fingerprint density at radius 2 is 2.11 bits per heavy atom. The number of hydrogen-bond donors (Lipinski definition) is 2. The van der Waals surface area contributed by atoms with Crippen molar-refractivity contribution in [1.29, 1.82) is 0 Å². The SMILES string of the molecule is Cc1cc(F)c(C(N)=O)cc1S(=O)NC1(C)CC1. The van der Waals surface area contributed by atoms with Crippen molar-refractivity contribution < 1.29 is 13.4 Å². The molecule has 1 saturated carbocycles. The summed E-state index contributed by atoms with van der Waals surface area (Å²) < 4.78 is 28.6. The molecule has 1 fully saturated rings. The first-order chi connectivity index (χ1) is 8.32. The second-order valence-corrected chi connectivity index (χ2v) is 6.07. The fourth-order valence-corrected chi connectivity index (χ4v) is 2.95. The number of benzene rings is 1. The van der Waals surface area contributed by atoms with E-state index in [4.69, 9.17) is 5.73 Å². The molecule has 1 aromatic rings. The molecule has 1 atom stereocenters. The molecule has 98 valence electrons. The van der Waals surface area contributed by atoms with E-state index in [1.54, 1.807) is 6.92 Å². The first-order valence-electron chi connectivity index (χ1n) is 5.62. The first-order valence-corrected chi connectivity index (χ1v) is 6.77. The van der Waals surface area contributed by atoms with Gasteiger partial charge in [0.1, 0.15) is 16.8 Å². The quantitative estimate of drug-likeness (QED) is 0.868. The molecule has 4 nitrogen and oxygen atoms in total. The van der Waals surface area contributed by atoms with Gasteiger partial charge in [-0.15, -0.1) is 0 Å². The monoisotopic (exact) mass is 270 g/mol. The minimum Gasteiger partial charge on any atom is -0.366 e. The molecule has 3 N–H and O–H groups in total. The van der Waals surface area contributed by atoms with Gasteiger partial charge in [-0.3, -0.25) is 4.79 Å². The van der Waals surface area contributed by atoms with Gasteiger partial charge in [0.25, 0.3) is 5.91 Å². The van der Waals surface area contributed by atoms with Crippen LogP contribution in [-0.4, -0.2) is 15.7 Å². The van der Waals surface area contributed by atoms with E-state index in [1.807, 2.05) is 6.92 Å². The van der Waals surface area contributed by atoms with E-state index in [9.17, 15) is 13.4 Å². The molecule has 1 amide bonds. The van der Waals surface area contributed by atoms with Crippen molar-refractivity contribution in [3.63, 3.8) is 0 Å². The topological polar surface area (TPSA) is 72.2 Å². The van der Waals surface area contributed by atoms with Crippen LogP contribution in [0.3, 0.4) is 0 Å². The summed E-state index contributed by atoms with van der Waals surface area (Å²) in [5, 5.41) is 0. The van der Waals surface area contributed by atoms with Crippen molar-refractivity contribution in [2.24, 2.45) is 5.73 Å². The third-order valence-electron chi connectivity index (χ3n) is 3.07. The van der Waals surface area contributed by atoms with E-state index in [1.165, 1.54) is 12.1 Å². The predicted molar refractivity (Wildman–Crippen MR) is 66.8 cm³/mol. The molecule has 0 radical (unpaired) electrons. The Bertz CT molecular complexity index is 541. The van der Waals surface area contributed by atoms with Gasteiger partial charge in [0.2, 0.25) is 0 Å². The molecule has 6 heteroatoms. The van der Waals surface area contributed by atoms with Crippen LogP contribution in [0.5, 0.6) is 0 Å². The third kappa shape index (κ3) is 2.59. The number of hydrogen-bond acceptors (Lipinski definition) is 2. The number of carbonyl (C=O) groups is 1. The Morgan fingerprint density at radius 3 is 2.61 bits per heavy atom. The second-order valence-electron chi connectivity index (χ2n) is 4.89. The number of nitrogens with two attached hydrogens (primary N) is 1. The van der Waals surface area contributed by atoms with Gasteiger partial charge in [-0.1, -0.05) is 0 Å². The molecule has 18 heavy (non-hydrogen) atoms. The fourth-order valence-electron chi connectivity index (χ4n) is 1.61. The van der Waals surface area contributed by atoms with Crippen LogP contribution in [-0.2, 0) is 11.0 Å². The van der Waals surface area contributed by atoms with Crippen molar-refractivity contribution in [3.8, 4) is 0 Å². The van der Waals surface area contributed by atoms with Gasteiger partial charge in [-0.2, -0.15) is 0 Å². The average molecular weight is 270 g/mol. The van der Waals surface area contributed by atoms with Gasteiger partial charge < -0.3 is 5.73 Å². The molecule has 1 aromatic carbocycles. The molecule has 0 aliphatic heterocycles. The molecule has 2 rings (SSSR count). The number of halogens is 1. The zero-order valence-corrected chi connectivity index (χ0v) is 11.1. The molecule has 1 unspecified atom stereocenters. The van der Waals surface area contributed by atoms with E-state index >= 15 is 0 Å². The highest BCUT2D eigenvalue weighted by atomic mass is 32.2. The van der Waals surface area contributed by atoms with Gasteiger partial charge in [0.05, 0.1) is 10.5 Å². The summed E-state index contributed by atoms with van der Waals surface area (Å²) in [5.41, 5.74) is 5.27. The number of rotatable bonds is 4. The lowest BCUT2D eigenvalue weighted by Crippen LogP contribution is -2.30. The van der Waals surface area contributed by atoms with Crippen LogP contribution in [0.4, 0.5) is 4.39 Å². The Kier molecular flexibility index (Phi) is 3.25. The van der Waals surface area contributed by atoms with Crippen molar-refractivity contribution in [1.82, 2.24) is 4.72 Å². The molecular formula is C12H15FN2O2S. The molecule has 1 aliphatic rings. The van der Waals surface area contributed by atoms with Gasteiger partial charge in [-0.05, 0) is 44.4 Å². The van der Waals surface area contributed by atoms with E-state index in [2.05, 4.69) is 4.72 Å². The lowest BCUT2D eigenvalue weighted by atomic mass is 10.1. The third-order valence-corrected chi connectivity index (χ3v) is 4.59. The Hall–Kier alpha value is -1.27. The zero-order valence-electron chi connectivity index (χ0n) is 10.2. The number of carbonyl (C=O) groups excluding carboxylic acids is 1. The summed E-state index contributed by atoms with van der Waals surface area (Å²) in [7, 11) is -1.46. The maximum Gasteiger partial charge on any atom is 0.251 e. The minimum atomic E-state index is -1.46. The molecule has 0 spiro atoms. The van der Waals surface area contributed by atoms with Crippen LogP contribution >= 0.6 is 0 Å². The standard InChI is InChI=1S/C12H15FN2O2S/c1-7-5-9(13)8(11(14)16)6-10(7)18(17)15-12(2)3-4-12/h5-6,15H,3-4H2,1-2H3,(H2,14,16). The highest BCUT2D eigenvalue weighted by Crippen LogP contribution is 2.35. The number of nitrogens with one attached hydrogen (secondary N) is 1. The average Bonchev–Trinajstić information content (AvgIpc) is 2.94. The van der Waals surface area contributed by atoms with Crippen LogP contribution in [0.25, 0.3) is 0 Å². The smallest absolute Gasteiger partial charge is 0.251 e. The lowest BCUT2D eigenvalue weighted by Gasteiger charge is -2.13. The van der Waals surface area contributed by atoms with Crippen LogP contribution in [0.15, 0.2) is 17.0 Å². The number of amides is 1. The maximum absolute atomic E-state index is 13.5. The summed E-state index contributed by atoms with van der Waals surface area (Å²) in [6.45, 7) is 3.62. The van der Waals surface area contributed by atoms with Crippen molar-refractivity contribution in [2.45, 2.75) is 37.1 Å². The van der Waals surface area contributed by atoms with Crippen LogP contribution in [0.2, 0.25) is 0 Å². The molecular weight excluding hydrogens is 255 g/mol. The van der Waals surface area contributed by atoms with Crippen LogP contribution in [0.1, 0.15) is 35.7 Å². The van der Waals surface area contributed by atoms with E-state index in [0.29, 0.717) is 10.5 Å². The number of primary amides is 1. The Labute approximate surface area is 107 Å². The highest BCUT2D eigenvalue weighted by molar-refractivity contribution is 7.83. The lowest BCUT2D eigenvalue weighted by molar-refractivity contribution is 0.0996. The second kappa shape index (κ2) is 4.44. The minimum absolute atomic E-state index is 0.113. The van der Waals surface area contributed by atoms with Gasteiger partial charge >= 0.3 is 0 Å². The van der Waals surface area contributed by atoms with Gasteiger partial charge in [-0.25, -0.2) is 13.3 Å². The van der Waals surface area contributed by atoms with Crippen LogP contribution < -0.4 is 10.5 Å². The highest BCUT2D eigenvalue weighted by Gasteiger charge is 2.39.